The maximum absolute atomic E-state index is 10.7. The van der Waals surface area contributed by atoms with Gasteiger partial charge in [0.05, 0.1) is 13.2 Å². The van der Waals surface area contributed by atoms with E-state index in [4.69, 9.17) is 9.47 Å². The maximum Gasteiger partial charge on any atom is 0.508 e. The van der Waals surface area contributed by atoms with Gasteiger partial charge in [0, 0.05) is 0 Å². The van der Waals surface area contributed by atoms with Crippen LogP contribution in [-0.4, -0.2) is 19.4 Å². The summed E-state index contributed by atoms with van der Waals surface area (Å²) in [6, 6.07) is 0. The van der Waals surface area contributed by atoms with Gasteiger partial charge in [0.15, 0.2) is 0 Å². The van der Waals surface area contributed by atoms with Crippen molar-refractivity contribution in [2.24, 2.45) is 0 Å². The molecule has 0 radical (unpaired) electrons. The van der Waals surface area contributed by atoms with Crippen LogP contribution in [0.2, 0.25) is 0 Å². The molecule has 1 rings (SSSR count). The molecule has 0 amide bonds. The third kappa shape index (κ3) is 3.86. The molecule has 0 aromatic carbocycles. The van der Waals surface area contributed by atoms with Crippen molar-refractivity contribution in [3.8, 4) is 0 Å². The second-order valence-electron chi connectivity index (χ2n) is 2.71. The summed E-state index contributed by atoms with van der Waals surface area (Å²) >= 11 is 0. The van der Waals surface area contributed by atoms with Gasteiger partial charge in [-0.2, -0.15) is 0 Å². The first-order valence-electron chi connectivity index (χ1n) is 4.19. The molecule has 1 saturated heterocycles. The Morgan fingerprint density at radius 1 is 0.818 bits per heavy atom. The smallest absolute Gasteiger partial charge is 0.434 e. The number of carbonyl (C=O) groups excluding carboxylic acids is 1. The fourth-order valence-electron chi connectivity index (χ4n) is 1.09. The number of carbonyl (C=O) groups is 1. The normalized spacial score (nSPS) is 21.6. The molecule has 11 heavy (non-hydrogen) atoms. The van der Waals surface area contributed by atoms with Gasteiger partial charge in [-0.3, -0.25) is 0 Å². The van der Waals surface area contributed by atoms with Gasteiger partial charge in [0.25, 0.3) is 0 Å². The number of hydrogen-bond acceptors (Lipinski definition) is 3. The Labute approximate surface area is 66.7 Å². The number of cyclic esters (lactones) is 2. The van der Waals surface area contributed by atoms with Crippen molar-refractivity contribution < 1.29 is 14.3 Å². The molecule has 64 valence electrons. The minimum atomic E-state index is -0.507. The second kappa shape index (κ2) is 4.99. The highest BCUT2D eigenvalue weighted by molar-refractivity contribution is 5.59. The van der Waals surface area contributed by atoms with Crippen molar-refractivity contribution in [3.63, 3.8) is 0 Å². The van der Waals surface area contributed by atoms with Gasteiger partial charge >= 0.3 is 6.16 Å². The molecule has 1 fully saturated rings. The molecule has 1 aliphatic rings. The van der Waals surface area contributed by atoms with Crippen LogP contribution in [0.1, 0.15) is 32.1 Å². The van der Waals surface area contributed by atoms with E-state index < -0.39 is 6.16 Å². The fourth-order valence-corrected chi connectivity index (χ4v) is 1.09. The lowest BCUT2D eigenvalue weighted by molar-refractivity contribution is 0.0503. The van der Waals surface area contributed by atoms with Crippen LogP contribution < -0.4 is 0 Å². The zero-order valence-corrected chi connectivity index (χ0v) is 6.67. The van der Waals surface area contributed by atoms with Crippen molar-refractivity contribution in [2.45, 2.75) is 32.1 Å². The average Bonchev–Trinajstić information content (AvgIpc) is 2.03. The molecule has 1 heterocycles. The molecule has 3 heteroatoms. The van der Waals surface area contributed by atoms with Gasteiger partial charge in [0.2, 0.25) is 0 Å². The molecule has 0 bridgehead atoms. The standard InChI is InChI=1S/C8H14O3/c9-8-10-6-4-2-1-3-5-7-11-8/h1-7H2. The van der Waals surface area contributed by atoms with E-state index >= 15 is 0 Å². The molecule has 0 spiro atoms. The molecule has 0 aromatic rings. The van der Waals surface area contributed by atoms with Crippen molar-refractivity contribution in [3.05, 3.63) is 0 Å². The summed E-state index contributed by atoms with van der Waals surface area (Å²) in [6.07, 6.45) is 4.97. The highest BCUT2D eigenvalue weighted by atomic mass is 16.7. The Morgan fingerprint density at radius 2 is 1.27 bits per heavy atom. The summed E-state index contributed by atoms with van der Waals surface area (Å²) in [5.41, 5.74) is 0. The molecule has 3 nitrogen and oxygen atoms in total. The topological polar surface area (TPSA) is 35.5 Å². The van der Waals surface area contributed by atoms with E-state index in [-0.39, 0.29) is 0 Å². The molecule has 0 aromatic heterocycles. The van der Waals surface area contributed by atoms with Crippen LogP contribution in [0.4, 0.5) is 4.79 Å². The summed E-state index contributed by atoms with van der Waals surface area (Å²) in [4.78, 5) is 10.7. The molecule has 0 aliphatic carbocycles. The Morgan fingerprint density at radius 3 is 1.82 bits per heavy atom. The van der Waals surface area contributed by atoms with Crippen molar-refractivity contribution >= 4 is 6.16 Å². The van der Waals surface area contributed by atoms with Crippen LogP contribution in [0.15, 0.2) is 0 Å². The van der Waals surface area contributed by atoms with E-state index in [1.807, 2.05) is 0 Å². The third-order valence-electron chi connectivity index (χ3n) is 1.73. The number of ether oxygens (including phenoxy) is 2. The second-order valence-corrected chi connectivity index (χ2v) is 2.71. The first kappa shape index (κ1) is 8.37. The zero-order chi connectivity index (χ0) is 7.94. The van der Waals surface area contributed by atoms with Crippen LogP contribution in [0, 0.1) is 0 Å². The van der Waals surface area contributed by atoms with Crippen molar-refractivity contribution in [1.82, 2.24) is 0 Å². The molecule has 0 N–H and O–H groups in total. The highest BCUT2D eigenvalue weighted by Gasteiger charge is 2.04. The highest BCUT2D eigenvalue weighted by Crippen LogP contribution is 2.06. The van der Waals surface area contributed by atoms with E-state index in [2.05, 4.69) is 0 Å². The van der Waals surface area contributed by atoms with Crippen LogP contribution in [0.25, 0.3) is 0 Å². The summed E-state index contributed by atoms with van der Waals surface area (Å²) in [5, 5.41) is 0. The van der Waals surface area contributed by atoms with Gasteiger partial charge < -0.3 is 9.47 Å². The fraction of sp³-hybridized carbons (Fsp3) is 0.875. The average molecular weight is 158 g/mol. The van der Waals surface area contributed by atoms with E-state index in [9.17, 15) is 4.79 Å². The zero-order valence-electron chi connectivity index (χ0n) is 6.67. The summed E-state index contributed by atoms with van der Waals surface area (Å²) in [7, 11) is 0. The summed E-state index contributed by atoms with van der Waals surface area (Å²) < 4.78 is 9.51. The Bertz CT molecular complexity index is 111. The first-order valence-corrected chi connectivity index (χ1v) is 4.19. The number of rotatable bonds is 0. The molecule has 0 saturated carbocycles. The molecule has 1 aliphatic heterocycles. The van der Waals surface area contributed by atoms with Crippen molar-refractivity contribution in [1.29, 1.82) is 0 Å². The molecule has 0 unspecified atom stereocenters. The van der Waals surface area contributed by atoms with Crippen LogP contribution >= 0.6 is 0 Å². The maximum atomic E-state index is 10.7. The van der Waals surface area contributed by atoms with Crippen LogP contribution in [-0.2, 0) is 9.47 Å². The lowest BCUT2D eigenvalue weighted by Crippen LogP contribution is -2.10. The minimum Gasteiger partial charge on any atom is -0.434 e. The summed E-state index contributed by atoms with van der Waals surface area (Å²) in [5.74, 6) is 0. The van der Waals surface area contributed by atoms with E-state index in [0.29, 0.717) is 13.2 Å². The Balaban J connectivity index is 2.17. The third-order valence-corrected chi connectivity index (χ3v) is 1.73. The van der Waals surface area contributed by atoms with E-state index in [1.165, 1.54) is 6.42 Å². The quantitative estimate of drug-likeness (QED) is 0.506. The van der Waals surface area contributed by atoms with E-state index in [0.717, 1.165) is 25.7 Å². The van der Waals surface area contributed by atoms with E-state index in [1.54, 1.807) is 0 Å². The van der Waals surface area contributed by atoms with Gasteiger partial charge in [-0.05, 0) is 12.8 Å². The van der Waals surface area contributed by atoms with Crippen LogP contribution in [0.5, 0.6) is 0 Å². The number of hydrogen-bond donors (Lipinski definition) is 0. The van der Waals surface area contributed by atoms with Crippen molar-refractivity contribution in [2.75, 3.05) is 13.2 Å². The lowest BCUT2D eigenvalue weighted by atomic mass is 10.1. The molecular formula is C8H14O3. The minimum absolute atomic E-state index is 0.507. The molecule has 0 atom stereocenters. The predicted molar refractivity (Wildman–Crippen MR) is 40.4 cm³/mol. The van der Waals surface area contributed by atoms with Gasteiger partial charge in [-0.1, -0.05) is 19.3 Å². The molecular weight excluding hydrogens is 144 g/mol. The van der Waals surface area contributed by atoms with Gasteiger partial charge in [0.1, 0.15) is 0 Å². The lowest BCUT2D eigenvalue weighted by Gasteiger charge is -2.08. The van der Waals surface area contributed by atoms with Gasteiger partial charge in [-0.25, -0.2) is 4.79 Å². The SMILES string of the molecule is O=C1OCCCCCCCO1. The monoisotopic (exact) mass is 158 g/mol. The largest absolute Gasteiger partial charge is 0.508 e. The summed E-state index contributed by atoms with van der Waals surface area (Å²) in [6.45, 7) is 1.03. The predicted octanol–water partition coefficient (Wildman–Crippen LogP) is 2.10. The Hall–Kier alpha value is -0.730. The first-order chi connectivity index (χ1) is 5.39. The van der Waals surface area contributed by atoms with Crippen LogP contribution in [0.3, 0.4) is 0 Å². The Kier molecular flexibility index (Phi) is 3.80. The van der Waals surface area contributed by atoms with Gasteiger partial charge in [-0.15, -0.1) is 0 Å².